The fourth-order valence-electron chi connectivity index (χ4n) is 5.28. The molecule has 2 fully saturated rings. The van der Waals surface area contributed by atoms with Crippen LogP contribution < -0.4 is 5.32 Å². The minimum Gasteiger partial charge on any atom is -0.378 e. The van der Waals surface area contributed by atoms with Crippen molar-refractivity contribution in [2.24, 2.45) is 5.41 Å². The van der Waals surface area contributed by atoms with Crippen LogP contribution in [-0.4, -0.2) is 44.2 Å². The number of ether oxygens (including phenoxy) is 1. The molecule has 2 aliphatic carbocycles. The summed E-state index contributed by atoms with van der Waals surface area (Å²) in [4.78, 5) is 20.3. The van der Waals surface area contributed by atoms with Crippen LogP contribution in [0.15, 0.2) is 0 Å². The number of hydrogen-bond donors (Lipinski definition) is 1. The Labute approximate surface area is 178 Å². The van der Waals surface area contributed by atoms with Crippen molar-refractivity contribution in [1.29, 1.82) is 0 Å². The Kier molecular flexibility index (Phi) is 5.70. The summed E-state index contributed by atoms with van der Waals surface area (Å²) in [6.07, 6.45) is 1.53. The summed E-state index contributed by atoms with van der Waals surface area (Å²) in [5.74, 6) is -1.36. The van der Waals surface area contributed by atoms with Gasteiger partial charge in [0.2, 0.25) is 5.91 Å². The summed E-state index contributed by atoms with van der Waals surface area (Å²) < 4.78 is 45.8. The zero-order valence-electron chi connectivity index (χ0n) is 18.1. The van der Waals surface area contributed by atoms with E-state index in [-0.39, 0.29) is 35.7 Å². The lowest BCUT2D eigenvalue weighted by atomic mass is 9.60. The molecule has 1 spiro atoms. The molecule has 2 aromatic rings. The third kappa shape index (κ3) is 3.90. The normalized spacial score (nSPS) is 22.8. The first-order valence-corrected chi connectivity index (χ1v) is 10.9. The molecule has 10 heteroatoms. The van der Waals surface area contributed by atoms with Gasteiger partial charge in [-0.2, -0.15) is 18.2 Å². The van der Waals surface area contributed by atoms with E-state index >= 15 is 0 Å². The molecule has 4 rings (SSSR count). The van der Waals surface area contributed by atoms with Gasteiger partial charge in [-0.25, -0.2) is 9.50 Å². The second kappa shape index (κ2) is 8.03. The lowest BCUT2D eigenvalue weighted by molar-refractivity contribution is -0.145. The zero-order valence-corrected chi connectivity index (χ0v) is 18.1. The maximum Gasteiger partial charge on any atom is 0.453 e. The molecular formula is C21H28F3N5O2. The van der Waals surface area contributed by atoms with Crippen molar-refractivity contribution in [2.45, 2.75) is 84.0 Å². The van der Waals surface area contributed by atoms with E-state index in [1.165, 1.54) is 0 Å². The molecule has 0 saturated heterocycles. The van der Waals surface area contributed by atoms with Crippen LogP contribution >= 0.6 is 0 Å². The van der Waals surface area contributed by atoms with Crippen LogP contribution in [0.5, 0.6) is 0 Å². The van der Waals surface area contributed by atoms with Crippen LogP contribution in [0, 0.1) is 19.3 Å². The van der Waals surface area contributed by atoms with Crippen molar-refractivity contribution in [2.75, 3.05) is 6.61 Å². The molecule has 31 heavy (non-hydrogen) atoms. The SMILES string of the molecule is CCO[C@H]1C[C@H](NC(=O)CCc2c(C)nc3nc(C(F)(F)F)nn3c2C)C12CCCC2. The number of halogens is 3. The molecule has 2 saturated carbocycles. The molecule has 2 atom stereocenters. The Bertz CT molecular complexity index is 982. The van der Waals surface area contributed by atoms with Gasteiger partial charge in [0, 0.05) is 35.9 Å². The standard InChI is InChI=1S/C21H28F3N5O2/c1-4-31-16-11-15(20(16)9-5-6-10-20)26-17(30)8-7-14-12(2)25-19-27-18(21(22,23)24)28-29(19)13(14)3/h15-16H,4-11H2,1-3H3,(H,26,30)/t15-,16-/m0/s1. The molecule has 0 radical (unpaired) electrons. The minimum atomic E-state index is -4.63. The number of fused-ring (bicyclic) bond motifs is 1. The fraction of sp³-hybridized carbons (Fsp3) is 0.714. The largest absolute Gasteiger partial charge is 0.453 e. The average molecular weight is 439 g/mol. The Hall–Kier alpha value is -2.23. The van der Waals surface area contributed by atoms with Gasteiger partial charge in [0.1, 0.15) is 0 Å². The van der Waals surface area contributed by atoms with E-state index in [1.54, 1.807) is 13.8 Å². The van der Waals surface area contributed by atoms with Gasteiger partial charge in [0.15, 0.2) is 0 Å². The summed E-state index contributed by atoms with van der Waals surface area (Å²) in [6.45, 7) is 6.07. The number of nitrogens with zero attached hydrogens (tertiary/aromatic N) is 4. The second-order valence-electron chi connectivity index (χ2n) is 8.65. The van der Waals surface area contributed by atoms with E-state index in [1.807, 2.05) is 6.92 Å². The summed E-state index contributed by atoms with van der Waals surface area (Å²) in [7, 11) is 0. The van der Waals surface area contributed by atoms with Gasteiger partial charge in [0.25, 0.3) is 11.6 Å². The smallest absolute Gasteiger partial charge is 0.378 e. The first-order chi connectivity index (χ1) is 14.7. The van der Waals surface area contributed by atoms with Crippen molar-refractivity contribution in [3.63, 3.8) is 0 Å². The summed E-state index contributed by atoms with van der Waals surface area (Å²) in [6, 6.07) is 0.131. The first kappa shape index (κ1) is 22.0. The van der Waals surface area contributed by atoms with Crippen molar-refractivity contribution in [1.82, 2.24) is 24.9 Å². The average Bonchev–Trinajstić information content (AvgIpc) is 3.35. The predicted molar refractivity (Wildman–Crippen MR) is 106 cm³/mol. The van der Waals surface area contributed by atoms with Crippen molar-refractivity contribution < 1.29 is 22.7 Å². The number of amides is 1. The number of alkyl halides is 3. The maximum atomic E-state index is 12.9. The van der Waals surface area contributed by atoms with Crippen LogP contribution in [0.1, 0.15) is 68.2 Å². The molecule has 2 aromatic heterocycles. The Balaban J connectivity index is 1.44. The Morgan fingerprint density at radius 1 is 1.26 bits per heavy atom. The fourth-order valence-corrected chi connectivity index (χ4v) is 5.28. The van der Waals surface area contributed by atoms with E-state index in [2.05, 4.69) is 20.4 Å². The van der Waals surface area contributed by atoms with Gasteiger partial charge < -0.3 is 10.1 Å². The molecule has 0 bridgehead atoms. The molecule has 0 unspecified atom stereocenters. The highest BCUT2D eigenvalue weighted by molar-refractivity contribution is 5.77. The van der Waals surface area contributed by atoms with Crippen molar-refractivity contribution >= 4 is 11.7 Å². The Morgan fingerprint density at radius 3 is 2.61 bits per heavy atom. The van der Waals surface area contributed by atoms with Gasteiger partial charge in [-0.3, -0.25) is 4.79 Å². The number of carbonyl (C=O) groups is 1. The predicted octanol–water partition coefficient (Wildman–Crippen LogP) is 3.55. The highest BCUT2D eigenvalue weighted by atomic mass is 19.4. The number of rotatable bonds is 6. The lowest BCUT2D eigenvalue weighted by Gasteiger charge is -2.54. The second-order valence-corrected chi connectivity index (χ2v) is 8.65. The Morgan fingerprint density at radius 2 is 1.97 bits per heavy atom. The molecule has 0 aliphatic heterocycles. The summed E-state index contributed by atoms with van der Waals surface area (Å²) in [5.41, 5.74) is 1.86. The van der Waals surface area contributed by atoms with E-state index in [4.69, 9.17) is 4.74 Å². The molecule has 170 valence electrons. The van der Waals surface area contributed by atoms with E-state index in [9.17, 15) is 18.0 Å². The molecular weight excluding hydrogens is 411 g/mol. The number of nitrogens with one attached hydrogen (secondary N) is 1. The number of hydrogen-bond acceptors (Lipinski definition) is 5. The minimum absolute atomic E-state index is 0.0558. The van der Waals surface area contributed by atoms with E-state index < -0.39 is 12.0 Å². The highest BCUT2D eigenvalue weighted by Crippen LogP contribution is 2.54. The molecule has 2 aliphatic rings. The van der Waals surface area contributed by atoms with Gasteiger partial charge in [-0.1, -0.05) is 12.8 Å². The third-order valence-electron chi connectivity index (χ3n) is 6.93. The molecule has 2 heterocycles. The molecule has 7 nitrogen and oxygen atoms in total. The van der Waals surface area contributed by atoms with Gasteiger partial charge in [-0.05, 0) is 52.0 Å². The molecule has 1 amide bonds. The number of aryl methyl sites for hydroxylation is 2. The zero-order chi connectivity index (χ0) is 22.4. The molecule has 0 aromatic carbocycles. The number of aromatic nitrogens is 4. The van der Waals surface area contributed by atoms with E-state index in [0.717, 1.165) is 42.2 Å². The van der Waals surface area contributed by atoms with Crippen LogP contribution in [0.4, 0.5) is 13.2 Å². The van der Waals surface area contributed by atoms with Crippen LogP contribution in [0.2, 0.25) is 0 Å². The van der Waals surface area contributed by atoms with Gasteiger partial charge in [-0.15, -0.1) is 5.10 Å². The van der Waals surface area contributed by atoms with Crippen molar-refractivity contribution in [3.05, 3.63) is 22.8 Å². The van der Waals surface area contributed by atoms with Crippen LogP contribution in [0.25, 0.3) is 5.78 Å². The molecule has 1 N–H and O–H groups in total. The van der Waals surface area contributed by atoms with Gasteiger partial charge in [0.05, 0.1) is 6.10 Å². The van der Waals surface area contributed by atoms with Gasteiger partial charge >= 0.3 is 6.18 Å². The highest BCUT2D eigenvalue weighted by Gasteiger charge is 2.57. The summed E-state index contributed by atoms with van der Waals surface area (Å²) >= 11 is 0. The maximum absolute atomic E-state index is 12.9. The van der Waals surface area contributed by atoms with E-state index in [0.29, 0.717) is 24.4 Å². The third-order valence-corrected chi connectivity index (χ3v) is 6.93. The first-order valence-electron chi connectivity index (χ1n) is 10.9. The summed E-state index contributed by atoms with van der Waals surface area (Å²) in [5, 5.41) is 6.75. The van der Waals surface area contributed by atoms with Crippen molar-refractivity contribution in [3.8, 4) is 0 Å². The monoisotopic (exact) mass is 439 g/mol. The van der Waals surface area contributed by atoms with Crippen LogP contribution in [0.3, 0.4) is 0 Å². The number of carbonyl (C=O) groups excluding carboxylic acids is 1. The topological polar surface area (TPSA) is 81.4 Å². The van der Waals surface area contributed by atoms with Crippen LogP contribution in [-0.2, 0) is 22.1 Å². The quantitative estimate of drug-likeness (QED) is 0.745. The lowest BCUT2D eigenvalue weighted by Crippen LogP contribution is -2.63.